The summed E-state index contributed by atoms with van der Waals surface area (Å²) >= 11 is 0. The van der Waals surface area contributed by atoms with Crippen molar-refractivity contribution in [1.29, 1.82) is 0 Å². The molecule has 18 heavy (non-hydrogen) atoms. The molecular weight excluding hydrogens is 236 g/mol. The van der Waals surface area contributed by atoms with E-state index in [1.165, 1.54) is 12.1 Å². The molecule has 0 unspecified atom stereocenters. The zero-order chi connectivity index (χ0) is 13.3. The minimum Gasteiger partial charge on any atom is -0.805 e. The molecule has 0 saturated heterocycles. The van der Waals surface area contributed by atoms with Crippen LogP contribution in [0.3, 0.4) is 0 Å². The summed E-state index contributed by atoms with van der Waals surface area (Å²) in [6.07, 6.45) is 0.832. The Labute approximate surface area is 102 Å². The molecule has 0 aliphatic rings. The highest BCUT2D eigenvalue weighted by Gasteiger charge is 2.27. The number of aromatic carboxylic acids is 1. The van der Waals surface area contributed by atoms with E-state index in [4.69, 9.17) is 5.11 Å². The van der Waals surface area contributed by atoms with Crippen LogP contribution in [0.1, 0.15) is 29.5 Å². The van der Waals surface area contributed by atoms with Gasteiger partial charge in [-0.25, -0.2) is 4.79 Å². The maximum Gasteiger partial charge on any atom is 0.408 e. The predicted molar refractivity (Wildman–Crippen MR) is 65.0 cm³/mol. The van der Waals surface area contributed by atoms with Crippen molar-refractivity contribution >= 4 is 17.0 Å². The fourth-order valence-corrected chi connectivity index (χ4v) is 1.95. The Morgan fingerprint density at radius 1 is 1.44 bits per heavy atom. The lowest BCUT2D eigenvalue weighted by molar-refractivity contribution is -0.469. The summed E-state index contributed by atoms with van der Waals surface area (Å²) in [4.78, 5) is 23.1. The Morgan fingerprint density at radius 3 is 2.72 bits per heavy atom. The van der Waals surface area contributed by atoms with Gasteiger partial charge in [0, 0.05) is 11.0 Å². The lowest BCUT2D eigenvalue weighted by Gasteiger charge is -2.17. The number of benzene rings is 1. The van der Waals surface area contributed by atoms with Crippen LogP contribution >= 0.6 is 0 Å². The first-order valence-electron chi connectivity index (χ1n) is 5.58. The van der Waals surface area contributed by atoms with Crippen LogP contribution in [0.2, 0.25) is 0 Å². The van der Waals surface area contributed by atoms with E-state index in [-0.39, 0.29) is 23.1 Å². The highest BCUT2D eigenvalue weighted by atomic mass is 16.5. The molecule has 1 N–H and O–H groups in total. The second-order valence-electron chi connectivity index (χ2n) is 3.93. The van der Waals surface area contributed by atoms with E-state index in [1.54, 1.807) is 12.1 Å². The molecule has 0 aliphatic heterocycles. The lowest BCUT2D eigenvalue weighted by atomic mass is 10.1. The average molecular weight is 248 g/mol. The Morgan fingerprint density at radius 2 is 2.11 bits per heavy atom. The van der Waals surface area contributed by atoms with Crippen LogP contribution in [0, 0.1) is 10.1 Å². The molecule has 0 spiro atoms. The first-order valence-corrected chi connectivity index (χ1v) is 5.58. The summed E-state index contributed by atoms with van der Waals surface area (Å²) in [5.41, 5.74) is -0.255. The van der Waals surface area contributed by atoms with Gasteiger partial charge >= 0.3 is 11.7 Å². The average Bonchev–Trinajstić information content (AvgIpc) is 2.35. The van der Waals surface area contributed by atoms with E-state index in [2.05, 4.69) is 0 Å². The van der Waals surface area contributed by atoms with Gasteiger partial charge in [0.05, 0.1) is 10.1 Å². The smallest absolute Gasteiger partial charge is 0.408 e. The van der Waals surface area contributed by atoms with Crippen molar-refractivity contribution in [3.8, 4) is 0 Å². The monoisotopic (exact) mass is 248 g/mol. The largest absolute Gasteiger partial charge is 0.805 e. The maximum absolute atomic E-state index is 12.1. The second kappa shape index (κ2) is 4.48. The molecule has 2 rings (SSSR count). The molecule has 2 aromatic rings. The molecule has 0 saturated carbocycles. The number of hydrogen-bond acceptors (Lipinski definition) is 3. The van der Waals surface area contributed by atoms with Crippen LogP contribution in [-0.2, 0) is 6.42 Å². The van der Waals surface area contributed by atoms with E-state index in [0.717, 1.165) is 0 Å². The summed E-state index contributed by atoms with van der Waals surface area (Å²) in [5.74, 6) is -1.39. The number of hydrogen-bond donors (Lipinski definition) is 1. The van der Waals surface area contributed by atoms with E-state index in [1.807, 2.05) is 6.92 Å². The Kier molecular flexibility index (Phi) is 3.01. The molecular formula is C12H12N2O4. The molecule has 0 atom stereocenters. The normalized spacial score (nSPS) is 10.7. The second-order valence-corrected chi connectivity index (χ2v) is 3.93. The number of rotatable bonds is 3. The number of nitrogens with zero attached hydrogens (tertiary/aromatic N) is 2. The highest BCUT2D eigenvalue weighted by Crippen LogP contribution is 2.15. The first kappa shape index (κ1) is 12.1. The van der Waals surface area contributed by atoms with Gasteiger partial charge in [0.1, 0.15) is 5.52 Å². The molecule has 1 aromatic heterocycles. The van der Waals surface area contributed by atoms with Crippen LogP contribution in [-0.4, -0.2) is 15.8 Å². The van der Waals surface area contributed by atoms with Gasteiger partial charge in [-0.15, -0.1) is 0 Å². The van der Waals surface area contributed by atoms with Gasteiger partial charge in [0.2, 0.25) is 0 Å². The van der Waals surface area contributed by atoms with Gasteiger partial charge in [-0.3, -0.25) is 0 Å². The summed E-state index contributed by atoms with van der Waals surface area (Å²) in [6, 6.07) is 6.15. The Balaban J connectivity index is 2.96. The van der Waals surface area contributed by atoms with E-state index in [9.17, 15) is 14.9 Å². The molecule has 0 fully saturated rings. The molecule has 6 heteroatoms. The molecule has 0 aliphatic carbocycles. The van der Waals surface area contributed by atoms with Gasteiger partial charge in [-0.05, 0) is 12.5 Å². The summed E-state index contributed by atoms with van der Waals surface area (Å²) in [5, 5.41) is 21.2. The van der Waals surface area contributed by atoms with Crippen LogP contribution in [0.5, 0.6) is 0 Å². The third kappa shape index (κ3) is 1.71. The summed E-state index contributed by atoms with van der Waals surface area (Å²) in [7, 11) is 0. The number of aromatic nitrogens is 2. The van der Waals surface area contributed by atoms with E-state index in [0.29, 0.717) is 15.6 Å². The SMILES string of the molecule is CCCc1c(C(=O)O)[n+](=O)c2ccccc2n1[O-]. The molecule has 0 radical (unpaired) electrons. The maximum atomic E-state index is 12.1. The Hall–Kier alpha value is -2.37. The minimum absolute atomic E-state index is 0.00120. The standard InChI is InChI=1S/C12H12N2O4/c1-2-5-10-11(12(15)16)14(18)9-7-4-3-6-8(9)13(10)17/h3-4,6-7H,2,5H2,1H3,(H,15,16). The van der Waals surface area contributed by atoms with Crippen molar-refractivity contribution in [2.45, 2.75) is 19.8 Å². The van der Waals surface area contributed by atoms with Crippen LogP contribution in [0.15, 0.2) is 24.3 Å². The molecule has 0 amide bonds. The number of carboxylic acids is 1. The van der Waals surface area contributed by atoms with Crippen molar-refractivity contribution in [2.75, 3.05) is 0 Å². The van der Waals surface area contributed by atoms with Gasteiger partial charge < -0.3 is 15.0 Å². The summed E-state index contributed by atoms with van der Waals surface area (Å²) < 4.78 is 0.855. The fraction of sp³-hybridized carbons (Fsp3) is 0.250. The van der Waals surface area contributed by atoms with Crippen LogP contribution in [0.4, 0.5) is 0 Å². The molecule has 6 nitrogen and oxygen atoms in total. The minimum atomic E-state index is -1.39. The van der Waals surface area contributed by atoms with Gasteiger partial charge in [-0.1, -0.05) is 25.5 Å². The Bertz CT molecular complexity index is 676. The topological polar surface area (TPSA) is 88.3 Å². The number of carboxylic acid groups (broad SMARTS) is 1. The first-order chi connectivity index (χ1) is 8.57. The summed E-state index contributed by atoms with van der Waals surface area (Å²) in [6.45, 7) is 1.82. The van der Waals surface area contributed by atoms with Crippen molar-refractivity contribution < 1.29 is 14.3 Å². The predicted octanol–water partition coefficient (Wildman–Crippen LogP) is 1.55. The third-order valence-corrected chi connectivity index (χ3v) is 2.73. The molecule has 0 bridgehead atoms. The highest BCUT2D eigenvalue weighted by molar-refractivity contribution is 5.87. The van der Waals surface area contributed by atoms with Gasteiger partial charge in [0.15, 0.2) is 0 Å². The van der Waals surface area contributed by atoms with Crippen molar-refractivity contribution in [1.82, 2.24) is 4.73 Å². The molecule has 1 heterocycles. The van der Waals surface area contributed by atoms with Crippen LogP contribution in [0.25, 0.3) is 11.0 Å². The lowest BCUT2D eigenvalue weighted by Crippen LogP contribution is -2.31. The van der Waals surface area contributed by atoms with Crippen molar-refractivity contribution in [3.63, 3.8) is 0 Å². The van der Waals surface area contributed by atoms with Crippen LogP contribution < -0.4 is 4.43 Å². The quantitative estimate of drug-likeness (QED) is 0.834. The third-order valence-electron chi connectivity index (χ3n) is 2.73. The van der Waals surface area contributed by atoms with Crippen molar-refractivity contribution in [2.24, 2.45) is 0 Å². The van der Waals surface area contributed by atoms with Crippen molar-refractivity contribution in [3.05, 3.63) is 45.8 Å². The van der Waals surface area contributed by atoms with E-state index < -0.39 is 11.7 Å². The molecule has 1 aromatic carbocycles. The fourth-order valence-electron chi connectivity index (χ4n) is 1.95. The molecule has 94 valence electrons. The van der Waals surface area contributed by atoms with E-state index >= 15 is 0 Å². The van der Waals surface area contributed by atoms with Gasteiger partial charge in [-0.2, -0.15) is 0 Å². The number of fused-ring (bicyclic) bond motifs is 1. The number of para-hydroxylation sites is 2. The zero-order valence-electron chi connectivity index (χ0n) is 9.79. The van der Waals surface area contributed by atoms with Gasteiger partial charge in [0.25, 0.3) is 5.52 Å². The number of carbonyl (C=O) groups is 1. The zero-order valence-corrected chi connectivity index (χ0v) is 9.79.